The van der Waals surface area contributed by atoms with E-state index in [0.29, 0.717) is 53.7 Å². The Bertz CT molecular complexity index is 1350. The Morgan fingerprint density at radius 3 is 2.69 bits per heavy atom. The van der Waals surface area contributed by atoms with E-state index in [9.17, 15) is 27.9 Å². The number of nitrogens with zero attached hydrogens (tertiary/aromatic N) is 2. The van der Waals surface area contributed by atoms with Gasteiger partial charge in [0.2, 0.25) is 6.41 Å². The highest BCUT2D eigenvalue weighted by atomic mass is 19.4. The lowest BCUT2D eigenvalue weighted by atomic mass is 9.91. The standard InChI is InChI=1S/C28H30F3N5O3/c1-4-18(25-35-22-10-6-9-21(28(29,30)31)14-23(22)36-25)8-7-11-32-24-13-20(15-33-26(24)34-16-37)19(5-2)12-17(3)27(38)39/h4-8,10,12,14-16,20,32H,9,11,13H2,1-3H3,(H,34,37)(H,35,36)(H,38,39)/b8-7-,17-12+,18-4+,19-5+. The van der Waals surface area contributed by atoms with Gasteiger partial charge in [-0.25, -0.2) is 14.8 Å². The van der Waals surface area contributed by atoms with Crippen LogP contribution in [0.1, 0.15) is 50.8 Å². The molecule has 1 amide bonds. The SMILES string of the molecule is C/C=C(\C=C/CNC1=C(NC=O)N=CC(C(/C=C(\C)C(=O)O)=C/C)C1)c1nc2c([nH]1)C=C(C(F)(F)F)CC=C2. The number of carbonyl (C=O) groups is 2. The summed E-state index contributed by atoms with van der Waals surface area (Å²) in [7, 11) is 0. The number of fused-ring (bicyclic) bond motifs is 1. The number of imidazole rings is 1. The van der Waals surface area contributed by atoms with Crippen LogP contribution in [0.15, 0.2) is 69.7 Å². The molecule has 0 radical (unpaired) electrons. The van der Waals surface area contributed by atoms with Gasteiger partial charge in [0, 0.05) is 41.8 Å². The van der Waals surface area contributed by atoms with E-state index in [1.165, 1.54) is 13.0 Å². The maximum atomic E-state index is 13.2. The second-order valence-corrected chi connectivity index (χ2v) is 8.78. The molecule has 2 aliphatic rings. The lowest BCUT2D eigenvalue weighted by Gasteiger charge is -2.23. The molecule has 206 valence electrons. The summed E-state index contributed by atoms with van der Waals surface area (Å²) >= 11 is 0. The molecular weight excluding hydrogens is 511 g/mol. The summed E-state index contributed by atoms with van der Waals surface area (Å²) in [6, 6.07) is 0. The molecule has 3 rings (SSSR count). The number of halogens is 3. The number of hydrogen-bond donors (Lipinski definition) is 4. The first-order valence-electron chi connectivity index (χ1n) is 12.2. The molecular formula is C28H30F3N5O3. The van der Waals surface area contributed by atoms with Crippen LogP contribution in [0.3, 0.4) is 0 Å². The zero-order valence-electron chi connectivity index (χ0n) is 21.8. The number of allylic oxidation sites excluding steroid dienone is 9. The second-order valence-electron chi connectivity index (χ2n) is 8.78. The van der Waals surface area contributed by atoms with Gasteiger partial charge in [-0.1, -0.05) is 30.4 Å². The van der Waals surface area contributed by atoms with Crippen molar-refractivity contribution in [1.82, 2.24) is 20.6 Å². The Balaban J connectivity index is 1.73. The Morgan fingerprint density at radius 1 is 1.28 bits per heavy atom. The first kappa shape index (κ1) is 29.2. The first-order chi connectivity index (χ1) is 18.6. The molecule has 4 N–H and O–H groups in total. The summed E-state index contributed by atoms with van der Waals surface area (Å²) in [5.41, 5.74) is 2.42. The molecule has 1 aliphatic heterocycles. The molecule has 0 saturated heterocycles. The third kappa shape index (κ3) is 7.56. The number of aromatic nitrogens is 2. The van der Waals surface area contributed by atoms with Gasteiger partial charge in [-0.2, -0.15) is 13.2 Å². The minimum Gasteiger partial charge on any atom is -0.478 e. The molecule has 0 aromatic carbocycles. The summed E-state index contributed by atoms with van der Waals surface area (Å²) in [4.78, 5) is 34.1. The molecule has 1 aromatic rings. The van der Waals surface area contributed by atoms with Crippen molar-refractivity contribution in [2.24, 2.45) is 10.9 Å². The molecule has 8 nitrogen and oxygen atoms in total. The van der Waals surface area contributed by atoms with Crippen LogP contribution in [-0.2, 0) is 9.59 Å². The Hall–Kier alpha value is -4.41. The molecule has 0 fully saturated rings. The number of aliphatic imine (C=N–C) groups is 1. The zero-order chi connectivity index (χ0) is 28.6. The molecule has 1 unspecified atom stereocenters. The van der Waals surface area contributed by atoms with Crippen LogP contribution in [0.5, 0.6) is 0 Å². The number of aliphatic carboxylic acids is 1. The number of nitrogens with one attached hydrogen (secondary N) is 3. The van der Waals surface area contributed by atoms with E-state index < -0.39 is 17.7 Å². The van der Waals surface area contributed by atoms with Crippen LogP contribution in [0.2, 0.25) is 0 Å². The van der Waals surface area contributed by atoms with Gasteiger partial charge in [-0.15, -0.1) is 0 Å². The average Bonchev–Trinajstić information content (AvgIpc) is 3.17. The van der Waals surface area contributed by atoms with Gasteiger partial charge < -0.3 is 20.7 Å². The normalized spacial score (nSPS) is 18.7. The molecule has 2 heterocycles. The van der Waals surface area contributed by atoms with Gasteiger partial charge >= 0.3 is 12.1 Å². The van der Waals surface area contributed by atoms with Crippen molar-refractivity contribution in [2.45, 2.75) is 39.8 Å². The van der Waals surface area contributed by atoms with Crippen LogP contribution < -0.4 is 10.6 Å². The highest BCUT2D eigenvalue weighted by Gasteiger charge is 2.33. The molecule has 0 spiro atoms. The zero-order valence-corrected chi connectivity index (χ0v) is 21.8. The van der Waals surface area contributed by atoms with Crippen molar-refractivity contribution in [2.75, 3.05) is 6.54 Å². The number of amides is 1. The van der Waals surface area contributed by atoms with Crippen LogP contribution in [0, 0.1) is 5.92 Å². The van der Waals surface area contributed by atoms with E-state index in [-0.39, 0.29) is 17.9 Å². The van der Waals surface area contributed by atoms with Gasteiger partial charge in [-0.05, 0) is 51.0 Å². The number of carboxylic acid groups (broad SMARTS) is 1. The topological polar surface area (TPSA) is 119 Å². The van der Waals surface area contributed by atoms with E-state index in [0.717, 1.165) is 11.6 Å². The van der Waals surface area contributed by atoms with E-state index in [2.05, 4.69) is 25.6 Å². The number of carboxylic acids is 1. The summed E-state index contributed by atoms with van der Waals surface area (Å²) in [5, 5.41) is 15.0. The van der Waals surface area contributed by atoms with Crippen molar-refractivity contribution in [3.8, 4) is 0 Å². The van der Waals surface area contributed by atoms with Crippen LogP contribution in [0.4, 0.5) is 13.2 Å². The maximum absolute atomic E-state index is 13.2. The smallest absolute Gasteiger partial charge is 0.413 e. The van der Waals surface area contributed by atoms with E-state index in [1.54, 1.807) is 37.4 Å². The molecule has 1 aliphatic carbocycles. The lowest BCUT2D eigenvalue weighted by Crippen LogP contribution is -2.27. The largest absolute Gasteiger partial charge is 0.478 e. The van der Waals surface area contributed by atoms with Crippen molar-refractivity contribution < 1.29 is 27.9 Å². The van der Waals surface area contributed by atoms with Gasteiger partial charge in [0.1, 0.15) is 5.82 Å². The molecule has 0 bridgehead atoms. The molecule has 11 heteroatoms. The fourth-order valence-electron chi connectivity index (χ4n) is 4.05. The molecule has 0 saturated carbocycles. The predicted octanol–water partition coefficient (Wildman–Crippen LogP) is 5.30. The highest BCUT2D eigenvalue weighted by molar-refractivity contribution is 5.87. The van der Waals surface area contributed by atoms with E-state index in [1.807, 2.05) is 19.1 Å². The fourth-order valence-corrected chi connectivity index (χ4v) is 4.05. The van der Waals surface area contributed by atoms with Gasteiger partial charge in [0.25, 0.3) is 0 Å². The lowest BCUT2D eigenvalue weighted by molar-refractivity contribution is -0.132. The number of alkyl halides is 3. The maximum Gasteiger partial charge on any atom is 0.413 e. The van der Waals surface area contributed by atoms with Crippen LogP contribution in [0.25, 0.3) is 17.7 Å². The predicted molar refractivity (Wildman–Crippen MR) is 145 cm³/mol. The van der Waals surface area contributed by atoms with Gasteiger partial charge in [0.05, 0.1) is 17.1 Å². The number of rotatable bonds is 10. The second kappa shape index (κ2) is 12.9. The van der Waals surface area contributed by atoms with Crippen molar-refractivity contribution in [3.05, 3.63) is 81.9 Å². The fraction of sp³-hybridized carbons (Fsp3) is 0.286. The molecule has 1 aromatic heterocycles. The Morgan fingerprint density at radius 2 is 2.05 bits per heavy atom. The van der Waals surface area contributed by atoms with Gasteiger partial charge in [-0.3, -0.25) is 4.79 Å². The third-order valence-corrected chi connectivity index (χ3v) is 6.14. The first-order valence-corrected chi connectivity index (χ1v) is 12.2. The van der Waals surface area contributed by atoms with E-state index >= 15 is 0 Å². The number of carbonyl (C=O) groups excluding carboxylic acids is 1. The number of aromatic amines is 1. The van der Waals surface area contributed by atoms with Gasteiger partial charge in [0.15, 0.2) is 5.82 Å². The number of hydrogen-bond acceptors (Lipinski definition) is 5. The minimum atomic E-state index is -4.42. The average molecular weight is 542 g/mol. The minimum absolute atomic E-state index is 0.194. The van der Waals surface area contributed by atoms with Crippen molar-refractivity contribution in [3.63, 3.8) is 0 Å². The third-order valence-electron chi connectivity index (χ3n) is 6.14. The van der Waals surface area contributed by atoms with E-state index in [4.69, 9.17) is 0 Å². The van der Waals surface area contributed by atoms with Crippen molar-refractivity contribution in [1.29, 1.82) is 0 Å². The summed E-state index contributed by atoms with van der Waals surface area (Å²) in [5.74, 6) is -0.402. The summed E-state index contributed by atoms with van der Waals surface area (Å²) in [6.07, 6.45) is 11.0. The van der Waals surface area contributed by atoms with Crippen molar-refractivity contribution >= 4 is 36.3 Å². The number of H-pyrrole nitrogens is 1. The quantitative estimate of drug-likeness (QED) is 0.182. The summed E-state index contributed by atoms with van der Waals surface area (Å²) < 4.78 is 39.7. The van der Waals surface area contributed by atoms with Crippen LogP contribution in [-0.4, -0.2) is 46.4 Å². The highest BCUT2D eigenvalue weighted by Crippen LogP contribution is 2.33. The molecule has 1 atom stereocenters. The molecule has 39 heavy (non-hydrogen) atoms. The Kier molecular flexibility index (Phi) is 9.64. The Labute approximate surface area is 224 Å². The van der Waals surface area contributed by atoms with Crippen LogP contribution >= 0.6 is 0 Å². The summed E-state index contributed by atoms with van der Waals surface area (Å²) in [6.45, 7) is 5.49. The monoisotopic (exact) mass is 541 g/mol.